The van der Waals surface area contributed by atoms with E-state index in [2.05, 4.69) is 17.0 Å². The molecule has 2 fully saturated rings. The monoisotopic (exact) mass is 397 g/mol. The van der Waals surface area contributed by atoms with E-state index in [9.17, 15) is 18.5 Å². The summed E-state index contributed by atoms with van der Waals surface area (Å²) >= 11 is 0. The van der Waals surface area contributed by atoms with E-state index in [1.807, 2.05) is 0 Å². The minimum atomic E-state index is -3.79. The van der Waals surface area contributed by atoms with Crippen molar-refractivity contribution in [2.24, 2.45) is 5.92 Å². The van der Waals surface area contributed by atoms with Crippen LogP contribution in [0, 0.1) is 16.0 Å². The minimum Gasteiger partial charge on any atom is -0.377 e. The fraction of sp³-hybridized carbons (Fsp3) is 0.667. The number of sulfonamides is 1. The number of nitro benzene ring substituents is 1. The van der Waals surface area contributed by atoms with Gasteiger partial charge >= 0.3 is 0 Å². The first-order valence-corrected chi connectivity index (χ1v) is 11.0. The summed E-state index contributed by atoms with van der Waals surface area (Å²) in [5.41, 5.74) is 0.0640. The quantitative estimate of drug-likeness (QED) is 0.540. The molecule has 1 atom stereocenters. The van der Waals surface area contributed by atoms with Gasteiger partial charge in [-0.3, -0.25) is 10.1 Å². The van der Waals surface area contributed by atoms with Crippen molar-refractivity contribution in [3.63, 3.8) is 0 Å². The van der Waals surface area contributed by atoms with Crippen molar-refractivity contribution in [2.45, 2.75) is 62.5 Å². The van der Waals surface area contributed by atoms with Crippen molar-refractivity contribution in [3.8, 4) is 0 Å². The highest BCUT2D eigenvalue weighted by atomic mass is 32.2. The topological polar surface area (TPSA) is 111 Å². The van der Waals surface area contributed by atoms with Gasteiger partial charge in [0.25, 0.3) is 5.69 Å². The minimum absolute atomic E-state index is 0.0309. The Morgan fingerprint density at radius 3 is 2.59 bits per heavy atom. The molecule has 1 aliphatic carbocycles. The van der Waals surface area contributed by atoms with Gasteiger partial charge in [-0.2, -0.15) is 0 Å². The van der Waals surface area contributed by atoms with Gasteiger partial charge in [0.2, 0.25) is 10.0 Å². The summed E-state index contributed by atoms with van der Waals surface area (Å²) in [5.74, 6) is 0.612. The molecule has 3 rings (SSSR count). The molecule has 1 aliphatic heterocycles. The second kappa shape index (κ2) is 8.53. The predicted molar refractivity (Wildman–Crippen MR) is 102 cm³/mol. The van der Waals surface area contributed by atoms with Gasteiger partial charge in [0.1, 0.15) is 5.69 Å². The second-order valence-electron chi connectivity index (χ2n) is 7.53. The zero-order chi connectivity index (χ0) is 19.4. The van der Waals surface area contributed by atoms with Gasteiger partial charge in [0.05, 0.1) is 15.9 Å². The van der Waals surface area contributed by atoms with E-state index in [0.29, 0.717) is 24.8 Å². The van der Waals surface area contributed by atoms with Gasteiger partial charge in [-0.05, 0) is 56.6 Å². The molecule has 8 nitrogen and oxygen atoms in total. The molecule has 1 aromatic rings. The summed E-state index contributed by atoms with van der Waals surface area (Å²) < 4.78 is 33.5. The van der Waals surface area contributed by atoms with Crippen molar-refractivity contribution in [3.05, 3.63) is 28.3 Å². The van der Waals surface area contributed by atoms with Crippen LogP contribution >= 0.6 is 0 Å². The molecule has 1 aromatic carbocycles. The molecule has 0 amide bonds. The molecule has 1 saturated carbocycles. The molecule has 0 unspecified atom stereocenters. The number of anilines is 1. The zero-order valence-corrected chi connectivity index (χ0v) is 16.3. The largest absolute Gasteiger partial charge is 0.377 e. The smallest absolute Gasteiger partial charge is 0.293 e. The number of hydrogen-bond acceptors (Lipinski definition) is 6. The normalized spacial score (nSPS) is 26.0. The first-order valence-electron chi connectivity index (χ1n) is 9.51. The highest BCUT2D eigenvalue weighted by molar-refractivity contribution is 7.89. The van der Waals surface area contributed by atoms with Crippen LogP contribution in [0.3, 0.4) is 0 Å². The van der Waals surface area contributed by atoms with E-state index in [1.165, 1.54) is 12.1 Å². The highest BCUT2D eigenvalue weighted by Gasteiger charge is 2.27. The van der Waals surface area contributed by atoms with E-state index in [-0.39, 0.29) is 22.7 Å². The molecule has 150 valence electrons. The van der Waals surface area contributed by atoms with Crippen LogP contribution in [0.5, 0.6) is 0 Å². The third-order valence-corrected chi connectivity index (χ3v) is 6.88. The van der Waals surface area contributed by atoms with Gasteiger partial charge in [0, 0.05) is 25.3 Å². The number of nitrogens with zero attached hydrogens (tertiary/aromatic N) is 1. The van der Waals surface area contributed by atoms with Gasteiger partial charge in [0.15, 0.2) is 0 Å². The lowest BCUT2D eigenvalue weighted by Gasteiger charge is -2.26. The molecule has 27 heavy (non-hydrogen) atoms. The summed E-state index contributed by atoms with van der Waals surface area (Å²) in [7, 11) is -3.79. The number of hydrogen-bond donors (Lipinski definition) is 2. The number of benzene rings is 1. The van der Waals surface area contributed by atoms with Crippen molar-refractivity contribution in [1.82, 2.24) is 4.72 Å². The van der Waals surface area contributed by atoms with Crippen LogP contribution in [0.15, 0.2) is 23.1 Å². The Hall–Kier alpha value is -1.71. The van der Waals surface area contributed by atoms with Crippen molar-refractivity contribution < 1.29 is 18.1 Å². The van der Waals surface area contributed by atoms with Crippen LogP contribution in [0.25, 0.3) is 0 Å². The molecule has 0 spiro atoms. The average Bonchev–Trinajstić information content (AvgIpc) is 3.15. The maximum Gasteiger partial charge on any atom is 0.293 e. The summed E-state index contributed by atoms with van der Waals surface area (Å²) in [5, 5.41) is 14.5. The standard InChI is InChI=1S/C18H27N3O5S/c1-13-4-6-14(7-5-13)20-27(24,25)16-8-9-17(18(11-16)21(22)23)19-12-15-3-2-10-26-15/h8-9,11,13-15,19-20H,2-7,10,12H2,1H3/t13?,14?,15-/m1/s1. The van der Waals surface area contributed by atoms with E-state index in [0.717, 1.165) is 44.6 Å². The maximum absolute atomic E-state index is 12.7. The van der Waals surface area contributed by atoms with Crippen LogP contribution in [0.4, 0.5) is 11.4 Å². The molecular weight excluding hydrogens is 370 g/mol. The third-order valence-electron chi connectivity index (χ3n) is 5.36. The zero-order valence-electron chi connectivity index (χ0n) is 15.5. The molecule has 2 aliphatic rings. The van der Waals surface area contributed by atoms with Gasteiger partial charge < -0.3 is 10.1 Å². The number of ether oxygens (including phenoxy) is 1. The molecule has 1 saturated heterocycles. The number of nitro groups is 1. The Balaban J connectivity index is 1.72. The molecule has 0 radical (unpaired) electrons. The first-order chi connectivity index (χ1) is 12.8. The molecule has 9 heteroatoms. The SMILES string of the molecule is CC1CCC(NS(=O)(=O)c2ccc(NC[C@H]3CCCO3)c([N+](=O)[O-])c2)CC1. The van der Waals surface area contributed by atoms with Gasteiger partial charge in [-0.25, -0.2) is 13.1 Å². The van der Waals surface area contributed by atoms with Crippen LogP contribution in [0.1, 0.15) is 45.4 Å². The van der Waals surface area contributed by atoms with E-state index in [4.69, 9.17) is 4.74 Å². The fourth-order valence-corrected chi connectivity index (χ4v) is 5.00. The Morgan fingerprint density at radius 1 is 1.22 bits per heavy atom. The van der Waals surface area contributed by atoms with E-state index >= 15 is 0 Å². The van der Waals surface area contributed by atoms with Gasteiger partial charge in [-0.15, -0.1) is 0 Å². The summed E-state index contributed by atoms with van der Waals surface area (Å²) in [6, 6.07) is 3.90. The number of nitrogens with one attached hydrogen (secondary N) is 2. The molecule has 0 bridgehead atoms. The number of rotatable bonds is 7. The second-order valence-corrected chi connectivity index (χ2v) is 9.24. The maximum atomic E-state index is 12.7. The van der Waals surface area contributed by atoms with Crippen molar-refractivity contribution in [2.75, 3.05) is 18.5 Å². The Labute approximate surface area is 159 Å². The van der Waals surface area contributed by atoms with Crippen LogP contribution in [0.2, 0.25) is 0 Å². The predicted octanol–water partition coefficient (Wildman–Crippen LogP) is 3.04. The van der Waals surface area contributed by atoms with Crippen molar-refractivity contribution >= 4 is 21.4 Å². The first kappa shape index (κ1) is 20.0. The molecule has 0 aromatic heterocycles. The summed E-state index contributed by atoms with van der Waals surface area (Å²) in [6.45, 7) is 3.33. The van der Waals surface area contributed by atoms with E-state index < -0.39 is 14.9 Å². The average molecular weight is 397 g/mol. The van der Waals surface area contributed by atoms with Crippen LogP contribution in [-0.4, -0.2) is 38.6 Å². The summed E-state index contributed by atoms with van der Waals surface area (Å²) in [4.78, 5) is 10.8. The lowest BCUT2D eigenvalue weighted by Crippen LogP contribution is -2.37. The molecule has 1 heterocycles. The van der Waals surface area contributed by atoms with Gasteiger partial charge in [-0.1, -0.05) is 6.92 Å². The van der Waals surface area contributed by atoms with Crippen molar-refractivity contribution in [1.29, 1.82) is 0 Å². The lowest BCUT2D eigenvalue weighted by atomic mass is 9.88. The highest BCUT2D eigenvalue weighted by Crippen LogP contribution is 2.29. The molecular formula is C18H27N3O5S. The Morgan fingerprint density at radius 2 is 1.96 bits per heavy atom. The fourth-order valence-electron chi connectivity index (χ4n) is 3.67. The lowest BCUT2D eigenvalue weighted by molar-refractivity contribution is -0.384. The Bertz CT molecular complexity index is 769. The molecule has 2 N–H and O–H groups in total. The van der Waals surface area contributed by atoms with Crippen LogP contribution < -0.4 is 10.0 Å². The van der Waals surface area contributed by atoms with E-state index in [1.54, 1.807) is 0 Å². The summed E-state index contributed by atoms with van der Waals surface area (Å²) in [6.07, 6.45) is 5.49. The van der Waals surface area contributed by atoms with Crippen LogP contribution in [-0.2, 0) is 14.8 Å². The third kappa shape index (κ3) is 5.18. The Kier molecular flexibility index (Phi) is 6.33.